The van der Waals surface area contributed by atoms with E-state index in [9.17, 15) is 20.0 Å². The number of carbonyl (C=O) groups excluding carboxylic acids is 1. The maximum Gasteiger partial charge on any atom is 0.273 e. The molecule has 1 aromatic heterocycles. The largest absolute Gasteiger partial charge is 0.389 e. The highest BCUT2D eigenvalue weighted by molar-refractivity contribution is 7.13. The third-order valence-electron chi connectivity index (χ3n) is 3.00. The predicted octanol–water partition coefficient (Wildman–Crippen LogP) is 2.56. The van der Waals surface area contributed by atoms with Crippen molar-refractivity contribution >= 4 is 22.9 Å². The summed E-state index contributed by atoms with van der Waals surface area (Å²) >= 11 is 1.24. The summed E-state index contributed by atoms with van der Waals surface area (Å²) in [6, 6.07) is 6.12. The van der Waals surface area contributed by atoms with Crippen molar-refractivity contribution in [2.45, 2.75) is 19.4 Å². The average molecular weight is 335 g/mol. The zero-order chi connectivity index (χ0) is 17.2. The van der Waals surface area contributed by atoms with Crippen LogP contribution in [0.3, 0.4) is 0 Å². The molecule has 0 spiro atoms. The zero-order valence-corrected chi connectivity index (χ0v) is 13.8. The normalized spacial score (nSPS) is 11.3. The van der Waals surface area contributed by atoms with Crippen molar-refractivity contribution in [1.29, 1.82) is 0 Å². The van der Waals surface area contributed by atoms with Crippen molar-refractivity contribution < 1.29 is 14.8 Å². The fourth-order valence-electron chi connectivity index (χ4n) is 2.10. The lowest BCUT2D eigenvalue weighted by Gasteiger charge is -2.24. The van der Waals surface area contributed by atoms with Gasteiger partial charge < -0.3 is 10.0 Å². The molecule has 0 saturated carbocycles. The van der Waals surface area contributed by atoms with Gasteiger partial charge in [-0.1, -0.05) is 12.1 Å². The van der Waals surface area contributed by atoms with Crippen LogP contribution in [0.1, 0.15) is 24.3 Å². The Morgan fingerprint density at radius 1 is 1.48 bits per heavy atom. The van der Waals surface area contributed by atoms with Crippen LogP contribution in [0.2, 0.25) is 0 Å². The molecule has 0 fully saturated rings. The number of non-ortho nitro benzene ring substituents is 1. The lowest BCUT2D eigenvalue weighted by atomic mass is 10.1. The molecule has 2 rings (SSSR count). The van der Waals surface area contributed by atoms with E-state index in [-0.39, 0.29) is 23.8 Å². The van der Waals surface area contributed by atoms with Gasteiger partial charge in [0.15, 0.2) is 0 Å². The first-order valence-electron chi connectivity index (χ1n) is 6.85. The lowest BCUT2D eigenvalue weighted by Crippen LogP contribution is -2.39. The Morgan fingerprint density at radius 3 is 2.78 bits per heavy atom. The topological polar surface area (TPSA) is 96.6 Å². The molecule has 0 atom stereocenters. The van der Waals surface area contributed by atoms with E-state index in [0.29, 0.717) is 10.6 Å². The fraction of sp³-hybridized carbons (Fsp3) is 0.333. The van der Waals surface area contributed by atoms with E-state index in [1.165, 1.54) is 28.4 Å². The number of aliphatic hydroxyl groups is 1. The first kappa shape index (κ1) is 17.0. The monoisotopic (exact) mass is 335 g/mol. The van der Waals surface area contributed by atoms with Crippen LogP contribution < -0.4 is 0 Å². The third kappa shape index (κ3) is 4.33. The van der Waals surface area contributed by atoms with Crippen molar-refractivity contribution in [2.75, 3.05) is 13.6 Å². The van der Waals surface area contributed by atoms with Crippen molar-refractivity contribution in [3.63, 3.8) is 0 Å². The lowest BCUT2D eigenvalue weighted by molar-refractivity contribution is -0.384. The van der Waals surface area contributed by atoms with Crippen LogP contribution in [0.5, 0.6) is 0 Å². The molecular weight excluding hydrogens is 318 g/mol. The number of hydrogen-bond acceptors (Lipinski definition) is 6. The summed E-state index contributed by atoms with van der Waals surface area (Å²) in [5.74, 6) is -0.306. The van der Waals surface area contributed by atoms with E-state index < -0.39 is 10.5 Å². The van der Waals surface area contributed by atoms with Crippen LogP contribution in [0, 0.1) is 10.1 Å². The summed E-state index contributed by atoms with van der Waals surface area (Å²) in [6.45, 7) is 3.41. The number of benzene rings is 1. The Kier molecular flexibility index (Phi) is 4.76. The van der Waals surface area contributed by atoms with E-state index in [2.05, 4.69) is 4.98 Å². The number of amides is 1. The molecule has 0 aliphatic carbocycles. The minimum atomic E-state index is -0.997. The third-order valence-corrected chi connectivity index (χ3v) is 3.89. The Balaban J connectivity index is 2.22. The molecule has 0 radical (unpaired) electrons. The summed E-state index contributed by atoms with van der Waals surface area (Å²) in [5.41, 5.74) is -0.176. The predicted molar refractivity (Wildman–Crippen MR) is 87.5 cm³/mol. The van der Waals surface area contributed by atoms with Gasteiger partial charge in [0.25, 0.3) is 11.6 Å². The molecule has 1 amide bonds. The number of nitro benzene ring substituents is 1. The molecular formula is C15H17N3O4S. The molecule has 23 heavy (non-hydrogen) atoms. The van der Waals surface area contributed by atoms with E-state index in [1.807, 2.05) is 0 Å². The van der Waals surface area contributed by atoms with Gasteiger partial charge in [-0.15, -0.1) is 11.3 Å². The summed E-state index contributed by atoms with van der Waals surface area (Å²) < 4.78 is 0. The number of thiazole rings is 1. The second kappa shape index (κ2) is 6.43. The smallest absolute Gasteiger partial charge is 0.273 e. The first-order chi connectivity index (χ1) is 10.7. The highest BCUT2D eigenvalue weighted by Crippen LogP contribution is 2.27. The molecule has 2 aromatic rings. The highest BCUT2D eigenvalue weighted by atomic mass is 32.1. The quantitative estimate of drug-likeness (QED) is 0.669. The van der Waals surface area contributed by atoms with Crippen LogP contribution in [0.25, 0.3) is 10.6 Å². The van der Waals surface area contributed by atoms with Gasteiger partial charge >= 0.3 is 0 Å². The van der Waals surface area contributed by atoms with E-state index in [1.54, 1.807) is 38.4 Å². The minimum Gasteiger partial charge on any atom is -0.389 e. The van der Waals surface area contributed by atoms with Crippen molar-refractivity contribution in [3.8, 4) is 10.6 Å². The first-order valence-corrected chi connectivity index (χ1v) is 7.73. The van der Waals surface area contributed by atoms with E-state index in [4.69, 9.17) is 0 Å². The molecule has 8 heteroatoms. The van der Waals surface area contributed by atoms with Gasteiger partial charge in [-0.2, -0.15) is 0 Å². The second-order valence-electron chi connectivity index (χ2n) is 5.82. The number of rotatable bonds is 5. The van der Waals surface area contributed by atoms with Gasteiger partial charge in [-0.05, 0) is 13.8 Å². The molecule has 7 nitrogen and oxygen atoms in total. The maximum absolute atomic E-state index is 12.3. The van der Waals surface area contributed by atoms with Crippen molar-refractivity contribution in [2.24, 2.45) is 0 Å². The minimum absolute atomic E-state index is 0.0234. The van der Waals surface area contributed by atoms with Gasteiger partial charge in [-0.25, -0.2) is 4.98 Å². The molecule has 0 aliphatic rings. The van der Waals surface area contributed by atoms with E-state index >= 15 is 0 Å². The number of nitro groups is 1. The number of aromatic nitrogens is 1. The Hall–Kier alpha value is -2.32. The Bertz CT molecular complexity index is 736. The fourth-order valence-corrected chi connectivity index (χ4v) is 2.90. The molecule has 0 saturated heterocycles. The molecule has 0 unspecified atom stereocenters. The zero-order valence-electron chi connectivity index (χ0n) is 13.0. The van der Waals surface area contributed by atoms with Gasteiger partial charge in [-0.3, -0.25) is 14.9 Å². The number of likely N-dealkylation sites (N-methyl/N-ethyl adjacent to an activating group) is 1. The van der Waals surface area contributed by atoms with Crippen molar-refractivity contribution in [1.82, 2.24) is 9.88 Å². The summed E-state index contributed by atoms with van der Waals surface area (Å²) in [6.07, 6.45) is 0. The molecule has 1 aromatic carbocycles. The average Bonchev–Trinajstić information content (AvgIpc) is 2.94. The van der Waals surface area contributed by atoms with Crippen LogP contribution >= 0.6 is 11.3 Å². The van der Waals surface area contributed by atoms with Gasteiger partial charge in [0, 0.05) is 36.7 Å². The van der Waals surface area contributed by atoms with Crippen LogP contribution in [0.15, 0.2) is 29.6 Å². The van der Waals surface area contributed by atoms with Gasteiger partial charge in [0.2, 0.25) is 0 Å². The van der Waals surface area contributed by atoms with Crippen molar-refractivity contribution in [3.05, 3.63) is 45.5 Å². The molecule has 1 heterocycles. The second-order valence-corrected chi connectivity index (χ2v) is 6.68. The Morgan fingerprint density at radius 2 is 2.17 bits per heavy atom. The summed E-state index contributed by atoms with van der Waals surface area (Å²) in [5, 5.41) is 22.7. The molecule has 0 aliphatic heterocycles. The summed E-state index contributed by atoms with van der Waals surface area (Å²) in [7, 11) is 1.59. The van der Waals surface area contributed by atoms with E-state index in [0.717, 1.165) is 0 Å². The Labute approximate surface area is 137 Å². The standard InChI is InChI=1S/C15H17N3O4S/c1-15(2,20)9-17(3)14(19)12-8-23-13(16-12)10-5-4-6-11(7-10)18(21)22/h4-8,20H,9H2,1-3H3. The molecule has 122 valence electrons. The number of carbonyl (C=O) groups is 1. The number of nitrogens with zero attached hydrogens (tertiary/aromatic N) is 3. The van der Waals surface area contributed by atoms with Crippen LogP contribution in [0.4, 0.5) is 5.69 Å². The van der Waals surface area contributed by atoms with Crippen LogP contribution in [-0.4, -0.2) is 45.0 Å². The van der Waals surface area contributed by atoms with Gasteiger partial charge in [0.1, 0.15) is 10.7 Å². The van der Waals surface area contributed by atoms with Gasteiger partial charge in [0.05, 0.1) is 10.5 Å². The highest BCUT2D eigenvalue weighted by Gasteiger charge is 2.22. The number of hydrogen-bond donors (Lipinski definition) is 1. The molecule has 0 bridgehead atoms. The summed E-state index contributed by atoms with van der Waals surface area (Å²) in [4.78, 5) is 28.3. The molecule has 1 N–H and O–H groups in total. The van der Waals surface area contributed by atoms with Crippen LogP contribution in [-0.2, 0) is 0 Å². The maximum atomic E-state index is 12.3. The SMILES string of the molecule is CN(CC(C)(C)O)C(=O)c1csc(-c2cccc([N+](=O)[O-])c2)n1.